The van der Waals surface area contributed by atoms with Crippen LogP contribution in [0.2, 0.25) is 0 Å². The summed E-state index contributed by atoms with van der Waals surface area (Å²) in [5.74, 6) is 0.989. The number of aromatic amines is 1. The molecule has 1 N–H and O–H groups in total. The maximum absolute atomic E-state index is 12.4. The molecule has 3 aromatic heterocycles. The smallest absolute Gasteiger partial charge is 0.262 e. The number of hydrogen-bond donors (Lipinski definition) is 1. The summed E-state index contributed by atoms with van der Waals surface area (Å²) in [4.78, 5) is 19.7. The standard InChI is InChI=1S/C16H14N6O2S/c1-9(15-21-20-10(2)24-15)25-16-18-13-12(14(23)19-16)8-17-22(13)11-6-4-3-5-7-11/h3-9H,1-2H3,(H,18,19,23). The fraction of sp³-hybridized carbons (Fsp3) is 0.188. The van der Waals surface area contributed by atoms with Crippen molar-refractivity contribution in [3.63, 3.8) is 0 Å². The molecule has 0 saturated carbocycles. The van der Waals surface area contributed by atoms with Crippen molar-refractivity contribution in [2.75, 3.05) is 0 Å². The van der Waals surface area contributed by atoms with Gasteiger partial charge in [0.2, 0.25) is 11.8 Å². The predicted octanol–water partition coefficient (Wildman–Crippen LogP) is 2.65. The molecule has 0 radical (unpaired) electrons. The van der Waals surface area contributed by atoms with Gasteiger partial charge in [-0.25, -0.2) is 9.67 Å². The first-order chi connectivity index (χ1) is 12.1. The first-order valence-electron chi connectivity index (χ1n) is 7.62. The fourth-order valence-electron chi connectivity index (χ4n) is 2.41. The monoisotopic (exact) mass is 354 g/mol. The zero-order valence-electron chi connectivity index (χ0n) is 13.5. The average molecular weight is 354 g/mol. The van der Waals surface area contributed by atoms with E-state index in [0.717, 1.165) is 5.69 Å². The molecule has 0 fully saturated rings. The van der Waals surface area contributed by atoms with Gasteiger partial charge in [-0.05, 0) is 19.1 Å². The number of fused-ring (bicyclic) bond motifs is 1. The van der Waals surface area contributed by atoms with Crippen LogP contribution in [-0.4, -0.2) is 29.9 Å². The molecule has 4 aromatic rings. The highest BCUT2D eigenvalue weighted by molar-refractivity contribution is 7.99. The summed E-state index contributed by atoms with van der Waals surface area (Å²) in [7, 11) is 0. The lowest BCUT2D eigenvalue weighted by Crippen LogP contribution is -2.10. The first kappa shape index (κ1) is 15.6. The number of aromatic nitrogens is 6. The Morgan fingerprint density at radius 2 is 2.04 bits per heavy atom. The van der Waals surface area contributed by atoms with Gasteiger partial charge in [-0.1, -0.05) is 30.0 Å². The predicted molar refractivity (Wildman–Crippen MR) is 92.8 cm³/mol. The topological polar surface area (TPSA) is 102 Å². The van der Waals surface area contributed by atoms with Gasteiger partial charge in [-0.3, -0.25) is 4.79 Å². The van der Waals surface area contributed by atoms with Gasteiger partial charge >= 0.3 is 0 Å². The molecule has 9 heteroatoms. The number of hydrogen-bond acceptors (Lipinski definition) is 7. The van der Waals surface area contributed by atoms with Crippen LogP contribution >= 0.6 is 11.8 Å². The fourth-order valence-corrected chi connectivity index (χ4v) is 3.23. The lowest BCUT2D eigenvalue weighted by molar-refractivity contribution is 0.470. The molecule has 0 aliphatic rings. The third kappa shape index (κ3) is 2.93. The van der Waals surface area contributed by atoms with Crippen LogP contribution in [0.15, 0.2) is 50.9 Å². The highest BCUT2D eigenvalue weighted by Crippen LogP contribution is 2.31. The van der Waals surface area contributed by atoms with E-state index in [1.54, 1.807) is 11.6 Å². The highest BCUT2D eigenvalue weighted by atomic mass is 32.2. The van der Waals surface area contributed by atoms with Gasteiger partial charge in [0.15, 0.2) is 10.8 Å². The Kier molecular flexibility index (Phi) is 3.85. The lowest BCUT2D eigenvalue weighted by atomic mass is 10.3. The molecule has 8 nitrogen and oxygen atoms in total. The third-order valence-corrected chi connectivity index (χ3v) is 4.57. The van der Waals surface area contributed by atoms with Gasteiger partial charge in [-0.2, -0.15) is 5.10 Å². The first-order valence-corrected chi connectivity index (χ1v) is 8.50. The highest BCUT2D eigenvalue weighted by Gasteiger charge is 2.18. The van der Waals surface area contributed by atoms with Crippen LogP contribution in [0.1, 0.15) is 24.0 Å². The normalized spacial score (nSPS) is 12.6. The second-order valence-corrected chi connectivity index (χ2v) is 6.75. The van der Waals surface area contributed by atoms with Crippen LogP contribution in [0, 0.1) is 6.92 Å². The van der Waals surface area contributed by atoms with Crippen LogP contribution in [0.5, 0.6) is 0 Å². The second-order valence-electron chi connectivity index (χ2n) is 5.42. The van der Waals surface area contributed by atoms with Crippen molar-refractivity contribution in [3.8, 4) is 5.69 Å². The van der Waals surface area contributed by atoms with Gasteiger partial charge in [0.05, 0.1) is 17.1 Å². The van der Waals surface area contributed by atoms with Crippen LogP contribution in [0.4, 0.5) is 0 Å². The summed E-state index contributed by atoms with van der Waals surface area (Å²) in [5, 5.41) is 12.9. The van der Waals surface area contributed by atoms with E-state index in [-0.39, 0.29) is 10.8 Å². The summed E-state index contributed by atoms with van der Waals surface area (Å²) in [6, 6.07) is 9.56. The number of aryl methyl sites for hydroxylation is 1. The Bertz CT molecular complexity index is 1080. The van der Waals surface area contributed by atoms with Crippen molar-refractivity contribution in [2.45, 2.75) is 24.3 Å². The lowest BCUT2D eigenvalue weighted by Gasteiger charge is -2.07. The summed E-state index contributed by atoms with van der Waals surface area (Å²) < 4.78 is 7.08. The van der Waals surface area contributed by atoms with E-state index in [0.29, 0.717) is 28.0 Å². The van der Waals surface area contributed by atoms with E-state index >= 15 is 0 Å². The minimum absolute atomic E-state index is 0.144. The molecule has 0 saturated heterocycles. The molecular weight excluding hydrogens is 340 g/mol. The molecule has 3 heterocycles. The zero-order valence-corrected chi connectivity index (χ0v) is 14.3. The van der Waals surface area contributed by atoms with Crippen LogP contribution in [-0.2, 0) is 0 Å². The van der Waals surface area contributed by atoms with Crippen molar-refractivity contribution < 1.29 is 4.42 Å². The molecular formula is C16H14N6O2S. The Labute approximate surface area is 146 Å². The Hall–Kier alpha value is -2.94. The maximum atomic E-state index is 12.4. The average Bonchev–Trinajstić information content (AvgIpc) is 3.22. The van der Waals surface area contributed by atoms with E-state index in [2.05, 4.69) is 25.3 Å². The van der Waals surface area contributed by atoms with E-state index in [1.165, 1.54) is 18.0 Å². The number of benzene rings is 1. The van der Waals surface area contributed by atoms with Crippen LogP contribution in [0.3, 0.4) is 0 Å². The van der Waals surface area contributed by atoms with Crippen molar-refractivity contribution in [1.29, 1.82) is 0 Å². The van der Waals surface area contributed by atoms with E-state index < -0.39 is 0 Å². The molecule has 0 amide bonds. The van der Waals surface area contributed by atoms with Gasteiger partial charge in [0.25, 0.3) is 5.56 Å². The second kappa shape index (κ2) is 6.17. The van der Waals surface area contributed by atoms with Gasteiger partial charge in [0, 0.05) is 6.92 Å². The Morgan fingerprint density at radius 1 is 1.24 bits per heavy atom. The largest absolute Gasteiger partial charge is 0.424 e. The van der Waals surface area contributed by atoms with Crippen molar-refractivity contribution in [3.05, 3.63) is 58.7 Å². The molecule has 1 atom stereocenters. The van der Waals surface area contributed by atoms with Crippen molar-refractivity contribution in [1.82, 2.24) is 29.9 Å². The van der Waals surface area contributed by atoms with E-state index in [4.69, 9.17) is 4.42 Å². The van der Waals surface area contributed by atoms with Crippen LogP contribution < -0.4 is 5.56 Å². The molecule has 1 unspecified atom stereocenters. The molecule has 0 aliphatic heterocycles. The molecule has 25 heavy (non-hydrogen) atoms. The zero-order chi connectivity index (χ0) is 17.4. The Balaban J connectivity index is 1.74. The summed E-state index contributed by atoms with van der Waals surface area (Å²) in [6.45, 7) is 3.65. The van der Waals surface area contributed by atoms with Crippen molar-refractivity contribution >= 4 is 22.8 Å². The number of thioether (sulfide) groups is 1. The third-order valence-electron chi connectivity index (χ3n) is 3.59. The minimum Gasteiger partial charge on any atom is -0.424 e. The summed E-state index contributed by atoms with van der Waals surface area (Å²) >= 11 is 1.34. The quantitative estimate of drug-likeness (QED) is 0.444. The molecule has 4 rings (SSSR count). The van der Waals surface area contributed by atoms with Gasteiger partial charge in [0.1, 0.15) is 5.39 Å². The van der Waals surface area contributed by atoms with E-state index in [9.17, 15) is 4.79 Å². The van der Waals surface area contributed by atoms with Crippen LogP contribution in [0.25, 0.3) is 16.7 Å². The number of para-hydroxylation sites is 1. The van der Waals surface area contributed by atoms with Gasteiger partial charge < -0.3 is 9.40 Å². The number of H-pyrrole nitrogens is 1. The molecule has 0 bridgehead atoms. The summed E-state index contributed by atoms with van der Waals surface area (Å²) in [6.07, 6.45) is 1.52. The summed E-state index contributed by atoms with van der Waals surface area (Å²) in [5.41, 5.74) is 1.11. The number of nitrogens with one attached hydrogen (secondary N) is 1. The molecule has 0 aliphatic carbocycles. The maximum Gasteiger partial charge on any atom is 0.262 e. The number of nitrogens with zero attached hydrogens (tertiary/aromatic N) is 5. The molecule has 126 valence electrons. The number of rotatable bonds is 4. The molecule has 0 spiro atoms. The molecule has 1 aromatic carbocycles. The van der Waals surface area contributed by atoms with E-state index in [1.807, 2.05) is 37.3 Å². The minimum atomic E-state index is -0.233. The van der Waals surface area contributed by atoms with Crippen molar-refractivity contribution in [2.24, 2.45) is 0 Å². The Morgan fingerprint density at radius 3 is 2.76 bits per heavy atom. The van der Waals surface area contributed by atoms with Gasteiger partial charge in [-0.15, -0.1) is 10.2 Å². The SMILES string of the molecule is Cc1nnc(C(C)Sc2nc3c(cnn3-c3ccccc3)c(=O)[nH]2)o1.